The van der Waals surface area contributed by atoms with E-state index in [1.54, 1.807) is 6.07 Å². The standard InChI is InChI=1S/C13H17N3O3/c1-13-4-5-14(2)12(13)15(3)11-9(13)6-8(17)7-10(11)16(18)19/h6-7,12,17H,4-5H2,1-3H3/t12-,13+/m1/s1. The van der Waals surface area contributed by atoms with Crippen molar-refractivity contribution >= 4 is 11.4 Å². The fourth-order valence-electron chi connectivity index (χ4n) is 3.82. The van der Waals surface area contributed by atoms with Crippen LogP contribution in [0.2, 0.25) is 0 Å². The lowest BCUT2D eigenvalue weighted by Gasteiger charge is -2.32. The molecule has 2 aliphatic rings. The topological polar surface area (TPSA) is 69.8 Å². The van der Waals surface area contributed by atoms with Crippen molar-refractivity contribution in [3.63, 3.8) is 0 Å². The average molecular weight is 263 g/mol. The van der Waals surface area contributed by atoms with Gasteiger partial charge in [0.25, 0.3) is 5.69 Å². The molecule has 1 N–H and O–H groups in total. The number of nitro groups is 1. The molecule has 0 saturated carbocycles. The number of likely N-dealkylation sites (tertiary alicyclic amines) is 1. The smallest absolute Gasteiger partial charge is 0.296 e. The number of aromatic hydroxyl groups is 1. The molecule has 0 bridgehead atoms. The SMILES string of the molecule is CN1CC[C@@]2(C)c3cc(O)cc([N+](=O)[O-])c3N(C)[C@@H]12. The molecule has 6 nitrogen and oxygen atoms in total. The highest BCUT2D eigenvalue weighted by molar-refractivity contribution is 5.76. The van der Waals surface area contributed by atoms with Crippen LogP contribution in [0.15, 0.2) is 12.1 Å². The number of rotatable bonds is 1. The number of nitrogens with zero attached hydrogens (tertiary/aromatic N) is 3. The van der Waals surface area contributed by atoms with Crippen LogP contribution >= 0.6 is 0 Å². The number of nitro benzene ring substituents is 1. The molecular formula is C13H17N3O3. The average Bonchev–Trinajstić information content (AvgIpc) is 2.74. The molecule has 0 radical (unpaired) electrons. The Morgan fingerprint density at radius 2 is 2.16 bits per heavy atom. The Bertz CT molecular complexity index is 574. The summed E-state index contributed by atoms with van der Waals surface area (Å²) in [6.45, 7) is 3.07. The van der Waals surface area contributed by atoms with Crippen molar-refractivity contribution < 1.29 is 10.0 Å². The van der Waals surface area contributed by atoms with Gasteiger partial charge in [0.05, 0.1) is 17.2 Å². The van der Waals surface area contributed by atoms with Gasteiger partial charge in [-0.15, -0.1) is 0 Å². The fraction of sp³-hybridized carbons (Fsp3) is 0.538. The summed E-state index contributed by atoms with van der Waals surface area (Å²) in [5.41, 5.74) is 1.35. The maximum atomic E-state index is 11.2. The molecule has 0 aromatic heterocycles. The third-order valence-electron chi connectivity index (χ3n) is 4.58. The zero-order valence-electron chi connectivity index (χ0n) is 11.3. The Morgan fingerprint density at radius 1 is 1.47 bits per heavy atom. The molecule has 1 saturated heterocycles. The minimum absolute atomic E-state index is 0.0125. The van der Waals surface area contributed by atoms with Gasteiger partial charge in [-0.3, -0.25) is 15.0 Å². The first-order valence-corrected chi connectivity index (χ1v) is 6.31. The quantitative estimate of drug-likeness (QED) is 0.616. The van der Waals surface area contributed by atoms with Gasteiger partial charge in [0.2, 0.25) is 0 Å². The zero-order valence-corrected chi connectivity index (χ0v) is 11.3. The molecule has 19 heavy (non-hydrogen) atoms. The second-order valence-corrected chi connectivity index (χ2v) is 5.75. The lowest BCUT2D eigenvalue weighted by molar-refractivity contribution is -0.384. The maximum Gasteiger partial charge on any atom is 0.296 e. The summed E-state index contributed by atoms with van der Waals surface area (Å²) in [4.78, 5) is 15.0. The van der Waals surface area contributed by atoms with E-state index in [-0.39, 0.29) is 23.0 Å². The number of hydrogen-bond donors (Lipinski definition) is 1. The summed E-state index contributed by atoms with van der Waals surface area (Å²) >= 11 is 0. The van der Waals surface area contributed by atoms with Gasteiger partial charge in [-0.25, -0.2) is 0 Å². The Labute approximate surface area is 111 Å². The third kappa shape index (κ3) is 1.40. The van der Waals surface area contributed by atoms with Crippen LogP contribution in [-0.2, 0) is 5.41 Å². The molecule has 1 aromatic carbocycles. The predicted molar refractivity (Wildman–Crippen MR) is 71.6 cm³/mol. The van der Waals surface area contributed by atoms with Crippen molar-refractivity contribution in [2.75, 3.05) is 25.5 Å². The summed E-state index contributed by atoms with van der Waals surface area (Å²) < 4.78 is 0. The molecule has 2 heterocycles. The Hall–Kier alpha value is -1.82. The van der Waals surface area contributed by atoms with Gasteiger partial charge in [0.15, 0.2) is 0 Å². The molecule has 2 atom stereocenters. The second-order valence-electron chi connectivity index (χ2n) is 5.75. The maximum absolute atomic E-state index is 11.2. The van der Waals surface area contributed by atoms with Crippen molar-refractivity contribution in [2.45, 2.75) is 24.9 Å². The Morgan fingerprint density at radius 3 is 2.79 bits per heavy atom. The number of phenolic OH excluding ortho intramolecular Hbond substituents is 1. The zero-order chi connectivity index (χ0) is 13.9. The van der Waals surface area contributed by atoms with E-state index in [0.29, 0.717) is 5.69 Å². The number of likely N-dealkylation sites (N-methyl/N-ethyl adjacent to an activating group) is 2. The lowest BCUT2D eigenvalue weighted by Crippen LogP contribution is -2.45. The van der Waals surface area contributed by atoms with Gasteiger partial charge >= 0.3 is 0 Å². The van der Waals surface area contributed by atoms with Crippen molar-refractivity contribution in [1.29, 1.82) is 0 Å². The van der Waals surface area contributed by atoms with Crippen LogP contribution in [-0.4, -0.2) is 41.7 Å². The van der Waals surface area contributed by atoms with Crippen LogP contribution in [0.25, 0.3) is 0 Å². The van der Waals surface area contributed by atoms with Crippen LogP contribution in [0.4, 0.5) is 11.4 Å². The summed E-state index contributed by atoms with van der Waals surface area (Å²) in [7, 11) is 3.92. The third-order valence-corrected chi connectivity index (χ3v) is 4.58. The first kappa shape index (κ1) is 12.2. The van der Waals surface area contributed by atoms with Crippen LogP contribution in [0.3, 0.4) is 0 Å². The number of anilines is 1. The minimum atomic E-state index is -0.417. The van der Waals surface area contributed by atoms with E-state index < -0.39 is 4.92 Å². The van der Waals surface area contributed by atoms with Gasteiger partial charge < -0.3 is 10.0 Å². The van der Waals surface area contributed by atoms with Crippen molar-refractivity contribution in [1.82, 2.24) is 4.90 Å². The number of hydrogen-bond acceptors (Lipinski definition) is 5. The summed E-state index contributed by atoms with van der Waals surface area (Å²) in [6.07, 6.45) is 1.05. The van der Waals surface area contributed by atoms with Crippen LogP contribution in [0, 0.1) is 10.1 Å². The lowest BCUT2D eigenvalue weighted by atomic mass is 9.81. The molecule has 0 unspecified atom stereocenters. The molecule has 0 amide bonds. The largest absolute Gasteiger partial charge is 0.508 e. The fourth-order valence-corrected chi connectivity index (χ4v) is 3.82. The normalized spacial score (nSPS) is 29.4. The molecule has 1 aromatic rings. The molecule has 6 heteroatoms. The van der Waals surface area contributed by atoms with E-state index in [2.05, 4.69) is 11.8 Å². The monoisotopic (exact) mass is 263 g/mol. The van der Waals surface area contributed by atoms with E-state index in [1.165, 1.54) is 6.07 Å². The van der Waals surface area contributed by atoms with Crippen molar-refractivity contribution in [2.24, 2.45) is 0 Å². The van der Waals surface area contributed by atoms with Crippen molar-refractivity contribution in [3.05, 3.63) is 27.8 Å². The number of phenols is 1. The first-order valence-electron chi connectivity index (χ1n) is 6.31. The van der Waals surface area contributed by atoms with Gasteiger partial charge in [-0.2, -0.15) is 0 Å². The van der Waals surface area contributed by atoms with Gasteiger partial charge in [-0.1, -0.05) is 6.92 Å². The van der Waals surface area contributed by atoms with E-state index in [9.17, 15) is 15.2 Å². The second kappa shape index (κ2) is 3.60. The predicted octanol–water partition coefficient (Wildman–Crippen LogP) is 1.67. The number of benzene rings is 1. The highest BCUT2D eigenvalue weighted by Gasteiger charge is 2.54. The molecule has 0 aliphatic carbocycles. The van der Waals surface area contributed by atoms with Crippen molar-refractivity contribution in [3.8, 4) is 5.75 Å². The first-order chi connectivity index (χ1) is 8.86. The molecular weight excluding hydrogens is 246 g/mol. The van der Waals surface area contributed by atoms with Gasteiger partial charge in [0.1, 0.15) is 11.4 Å². The van der Waals surface area contributed by atoms with E-state index in [0.717, 1.165) is 18.5 Å². The van der Waals surface area contributed by atoms with E-state index in [4.69, 9.17) is 0 Å². The van der Waals surface area contributed by atoms with Gasteiger partial charge in [0, 0.05) is 19.0 Å². The molecule has 0 spiro atoms. The van der Waals surface area contributed by atoms with Crippen LogP contribution in [0.5, 0.6) is 5.75 Å². The Kier molecular flexibility index (Phi) is 2.32. The summed E-state index contributed by atoms with van der Waals surface area (Å²) in [6, 6.07) is 2.91. The summed E-state index contributed by atoms with van der Waals surface area (Å²) in [5.74, 6) is -0.0321. The number of fused-ring (bicyclic) bond motifs is 3. The summed E-state index contributed by atoms with van der Waals surface area (Å²) in [5, 5.41) is 21.0. The molecule has 102 valence electrons. The molecule has 2 aliphatic heterocycles. The minimum Gasteiger partial charge on any atom is -0.508 e. The molecule has 1 fully saturated rings. The van der Waals surface area contributed by atoms with E-state index >= 15 is 0 Å². The van der Waals surface area contributed by atoms with Crippen LogP contribution < -0.4 is 4.90 Å². The van der Waals surface area contributed by atoms with Gasteiger partial charge in [-0.05, 0) is 25.1 Å². The highest BCUT2D eigenvalue weighted by atomic mass is 16.6. The highest BCUT2D eigenvalue weighted by Crippen LogP contribution is 2.54. The van der Waals surface area contributed by atoms with E-state index in [1.807, 2.05) is 19.0 Å². The Balaban J connectivity index is 2.28. The van der Waals surface area contributed by atoms with Crippen LogP contribution in [0.1, 0.15) is 18.9 Å². The molecule has 3 rings (SSSR count).